The summed E-state index contributed by atoms with van der Waals surface area (Å²) in [6.07, 6.45) is 4.96. The average molecular weight is 518 g/mol. The smallest absolute Gasteiger partial charge is 0.253 e. The summed E-state index contributed by atoms with van der Waals surface area (Å²) in [5.74, 6) is 1.59. The van der Waals surface area contributed by atoms with Gasteiger partial charge in [-0.15, -0.1) is 0 Å². The van der Waals surface area contributed by atoms with E-state index in [-0.39, 0.29) is 11.8 Å². The van der Waals surface area contributed by atoms with Crippen LogP contribution in [0.15, 0.2) is 65.7 Å². The van der Waals surface area contributed by atoms with E-state index in [0.717, 1.165) is 72.4 Å². The van der Waals surface area contributed by atoms with Crippen molar-refractivity contribution in [3.8, 4) is 22.5 Å². The summed E-state index contributed by atoms with van der Waals surface area (Å²) in [5.41, 5.74) is 8.03. The van der Waals surface area contributed by atoms with E-state index in [1.165, 1.54) is 11.1 Å². The molecular formula is C32H31N5O2. The van der Waals surface area contributed by atoms with Crippen LogP contribution in [0, 0.1) is 11.8 Å². The Hall–Kier alpha value is -4.26. The zero-order valence-electron chi connectivity index (χ0n) is 22.1. The van der Waals surface area contributed by atoms with Crippen molar-refractivity contribution in [1.82, 2.24) is 19.8 Å². The van der Waals surface area contributed by atoms with Crippen LogP contribution < -0.4 is 5.32 Å². The number of amides is 2. The Morgan fingerprint density at radius 1 is 0.974 bits per heavy atom. The third-order valence-corrected chi connectivity index (χ3v) is 8.32. The quantitative estimate of drug-likeness (QED) is 0.394. The summed E-state index contributed by atoms with van der Waals surface area (Å²) in [7, 11) is 1.66. The summed E-state index contributed by atoms with van der Waals surface area (Å²) < 4.78 is 2.20. The van der Waals surface area contributed by atoms with Crippen molar-refractivity contribution < 1.29 is 9.59 Å². The molecule has 0 radical (unpaired) electrons. The fourth-order valence-corrected chi connectivity index (χ4v) is 6.02. The van der Waals surface area contributed by atoms with Crippen LogP contribution in [0.3, 0.4) is 0 Å². The number of carbonyl (C=O) groups is 2. The highest BCUT2D eigenvalue weighted by molar-refractivity contribution is 6.05. The van der Waals surface area contributed by atoms with Crippen LogP contribution >= 0.6 is 0 Å². The number of likely N-dealkylation sites (tertiary alicyclic amines) is 1. The van der Waals surface area contributed by atoms with Crippen molar-refractivity contribution in [3.05, 3.63) is 77.4 Å². The second-order valence-electron chi connectivity index (χ2n) is 11.0. The Balaban J connectivity index is 1.25. The highest BCUT2D eigenvalue weighted by Crippen LogP contribution is 2.35. The van der Waals surface area contributed by atoms with E-state index in [1.54, 1.807) is 7.05 Å². The summed E-state index contributed by atoms with van der Waals surface area (Å²) in [4.78, 5) is 37.0. The van der Waals surface area contributed by atoms with Crippen molar-refractivity contribution in [3.63, 3.8) is 0 Å². The molecule has 39 heavy (non-hydrogen) atoms. The van der Waals surface area contributed by atoms with Gasteiger partial charge < -0.3 is 14.8 Å². The van der Waals surface area contributed by atoms with Gasteiger partial charge in [0.1, 0.15) is 5.82 Å². The van der Waals surface area contributed by atoms with Crippen LogP contribution in [-0.2, 0) is 17.9 Å². The highest BCUT2D eigenvalue weighted by Gasteiger charge is 2.37. The summed E-state index contributed by atoms with van der Waals surface area (Å²) in [5, 5.41) is 2.79. The number of para-hydroxylation sites is 1. The minimum absolute atomic E-state index is 0.124. The lowest BCUT2D eigenvalue weighted by molar-refractivity contribution is -0.131. The van der Waals surface area contributed by atoms with E-state index in [4.69, 9.17) is 4.98 Å². The van der Waals surface area contributed by atoms with Gasteiger partial charge in [0.15, 0.2) is 0 Å². The molecule has 0 bridgehead atoms. The lowest BCUT2D eigenvalue weighted by Gasteiger charge is -2.18. The molecule has 3 aromatic carbocycles. The number of hydrogen-bond donors (Lipinski definition) is 1. The fraction of sp³-hybridized carbons (Fsp3) is 0.312. The molecule has 2 aliphatic heterocycles. The Bertz CT molecular complexity index is 1630. The first-order chi connectivity index (χ1) is 19.1. The third kappa shape index (κ3) is 4.32. The lowest BCUT2D eigenvalue weighted by atomic mass is 9.99. The molecular weight excluding hydrogens is 486 g/mol. The molecule has 2 amide bonds. The van der Waals surface area contributed by atoms with E-state index in [1.807, 2.05) is 29.3 Å². The minimum atomic E-state index is -0.124. The van der Waals surface area contributed by atoms with Crippen LogP contribution in [0.2, 0.25) is 0 Å². The zero-order chi connectivity index (χ0) is 26.5. The molecule has 1 saturated heterocycles. The number of imidazole rings is 1. The number of hydrogen-bond acceptors (Lipinski definition) is 4. The average Bonchev–Trinajstić information content (AvgIpc) is 3.36. The molecule has 1 saturated carbocycles. The molecule has 1 N–H and O–H groups in total. The second-order valence-corrected chi connectivity index (χ2v) is 11.0. The molecule has 1 atom stereocenters. The monoisotopic (exact) mass is 517 g/mol. The number of carbonyl (C=O) groups excluding carboxylic acids is 2. The van der Waals surface area contributed by atoms with Gasteiger partial charge in [-0.1, -0.05) is 42.5 Å². The fourth-order valence-electron chi connectivity index (χ4n) is 6.02. The van der Waals surface area contributed by atoms with Crippen LogP contribution in [0.25, 0.3) is 33.5 Å². The molecule has 1 aromatic heterocycles. The van der Waals surface area contributed by atoms with Crippen LogP contribution in [0.5, 0.6) is 0 Å². The first-order valence-corrected chi connectivity index (χ1v) is 13.8. The maximum absolute atomic E-state index is 12.9. The van der Waals surface area contributed by atoms with Crippen molar-refractivity contribution in [1.29, 1.82) is 0 Å². The number of aliphatic imine (C=N–C) groups is 1. The predicted octanol–water partition coefficient (Wildman–Crippen LogP) is 4.92. The molecule has 3 aliphatic rings. The van der Waals surface area contributed by atoms with E-state index >= 15 is 0 Å². The van der Waals surface area contributed by atoms with E-state index < -0.39 is 0 Å². The maximum Gasteiger partial charge on any atom is 0.253 e. The number of aromatic nitrogens is 2. The number of benzene rings is 3. The van der Waals surface area contributed by atoms with Gasteiger partial charge in [-0.2, -0.15) is 0 Å². The van der Waals surface area contributed by atoms with E-state index in [2.05, 4.69) is 57.3 Å². The van der Waals surface area contributed by atoms with Crippen molar-refractivity contribution >= 4 is 29.1 Å². The Labute approximate surface area is 227 Å². The summed E-state index contributed by atoms with van der Waals surface area (Å²) >= 11 is 0. The SMILES string of the molecule is CNC(=O)c1cccc2nc(-c3ccc(-c4ccc5c(c4)C=NC5)cc3)n(C[C@@H]3CCN(C(=O)C4CC4)C3)c12. The summed E-state index contributed by atoms with van der Waals surface area (Å²) in [6.45, 7) is 3.04. The number of nitrogens with zero attached hydrogens (tertiary/aromatic N) is 4. The topological polar surface area (TPSA) is 79.6 Å². The molecule has 196 valence electrons. The van der Waals surface area contributed by atoms with Gasteiger partial charge in [0.05, 0.1) is 23.1 Å². The first-order valence-electron chi connectivity index (χ1n) is 13.8. The molecule has 7 nitrogen and oxygen atoms in total. The molecule has 1 aliphatic carbocycles. The molecule has 4 aromatic rings. The van der Waals surface area contributed by atoms with Gasteiger partial charge >= 0.3 is 0 Å². The van der Waals surface area contributed by atoms with Crippen LogP contribution in [-0.4, -0.2) is 52.6 Å². The molecule has 7 rings (SSSR count). The molecule has 0 unspecified atom stereocenters. The zero-order valence-corrected chi connectivity index (χ0v) is 22.1. The van der Waals surface area contributed by atoms with Crippen LogP contribution in [0.1, 0.15) is 40.7 Å². The normalized spacial score (nSPS) is 18.1. The van der Waals surface area contributed by atoms with Gasteiger partial charge in [0.25, 0.3) is 5.91 Å². The van der Waals surface area contributed by atoms with Gasteiger partial charge in [0, 0.05) is 44.4 Å². The molecule has 2 fully saturated rings. The Morgan fingerprint density at radius 2 is 1.77 bits per heavy atom. The second kappa shape index (κ2) is 9.49. The number of rotatable bonds is 6. The third-order valence-electron chi connectivity index (χ3n) is 8.32. The standard InChI is InChI=1S/C32H31N5O2/c1-33-31(38)27-3-2-4-28-29(27)37(19-20-13-14-36(18-20)32(39)23-9-10-23)30(35-28)22-7-5-21(6-8-22)24-11-12-25-16-34-17-26(25)15-24/h2-8,11-12,15,17,20,23H,9-10,13-14,16,18-19H2,1H3,(H,33,38)/t20-/m1/s1. The van der Waals surface area contributed by atoms with Crippen molar-refractivity contribution in [2.75, 3.05) is 20.1 Å². The molecule has 3 heterocycles. The van der Waals surface area contributed by atoms with Crippen molar-refractivity contribution in [2.24, 2.45) is 16.8 Å². The molecule has 7 heteroatoms. The lowest BCUT2D eigenvalue weighted by Crippen LogP contribution is -2.30. The predicted molar refractivity (Wildman–Crippen MR) is 153 cm³/mol. The Morgan fingerprint density at radius 3 is 2.56 bits per heavy atom. The van der Waals surface area contributed by atoms with Gasteiger partial charge in [-0.05, 0) is 65.6 Å². The van der Waals surface area contributed by atoms with Crippen LogP contribution in [0.4, 0.5) is 0 Å². The first kappa shape index (κ1) is 23.8. The Kier molecular flexibility index (Phi) is 5.80. The van der Waals surface area contributed by atoms with Gasteiger partial charge in [-0.3, -0.25) is 14.6 Å². The van der Waals surface area contributed by atoms with Gasteiger partial charge in [0.2, 0.25) is 5.91 Å². The number of nitrogens with one attached hydrogen (secondary N) is 1. The number of fused-ring (bicyclic) bond motifs is 2. The van der Waals surface area contributed by atoms with E-state index in [0.29, 0.717) is 23.9 Å². The maximum atomic E-state index is 12.9. The van der Waals surface area contributed by atoms with Gasteiger partial charge in [-0.25, -0.2) is 4.98 Å². The largest absolute Gasteiger partial charge is 0.355 e. The van der Waals surface area contributed by atoms with Crippen molar-refractivity contribution in [2.45, 2.75) is 32.4 Å². The highest BCUT2D eigenvalue weighted by atomic mass is 16.2. The summed E-state index contributed by atoms with van der Waals surface area (Å²) in [6, 6.07) is 20.7. The van der Waals surface area contributed by atoms with E-state index in [9.17, 15) is 9.59 Å². The minimum Gasteiger partial charge on any atom is -0.355 e. The molecule has 0 spiro atoms.